The van der Waals surface area contributed by atoms with Gasteiger partial charge in [0.1, 0.15) is 0 Å². The first-order valence-corrected chi connectivity index (χ1v) is 5.71. The summed E-state index contributed by atoms with van der Waals surface area (Å²) in [5.74, 6) is -2.00. The minimum absolute atomic E-state index is 0.0519. The number of para-hydroxylation sites is 1. The number of phenols is 2. The highest BCUT2D eigenvalue weighted by molar-refractivity contribution is 6.06. The number of carbonyl (C=O) groups excluding carboxylic acids is 2. The summed E-state index contributed by atoms with van der Waals surface area (Å²) in [5.41, 5.74) is 5.81. The molecule has 20 heavy (non-hydrogen) atoms. The minimum atomic E-state index is -0.578. The Hall–Kier alpha value is -3.02. The molecule has 0 heterocycles. The fourth-order valence-electron chi connectivity index (χ4n) is 1.63. The molecule has 2 aromatic carbocycles. The molecule has 0 atom stereocenters. The Labute approximate surface area is 114 Å². The second-order valence-electron chi connectivity index (χ2n) is 4.07. The zero-order valence-corrected chi connectivity index (χ0v) is 10.3. The van der Waals surface area contributed by atoms with Crippen LogP contribution in [-0.4, -0.2) is 22.0 Å². The van der Waals surface area contributed by atoms with E-state index in [1.165, 1.54) is 42.5 Å². The molecule has 2 rings (SSSR count). The minimum Gasteiger partial charge on any atom is -0.504 e. The molecule has 0 saturated carbocycles. The summed E-state index contributed by atoms with van der Waals surface area (Å²) >= 11 is 0. The third-order valence-electron chi connectivity index (χ3n) is 2.69. The summed E-state index contributed by atoms with van der Waals surface area (Å²) in [4.78, 5) is 22.8. The van der Waals surface area contributed by atoms with Crippen molar-refractivity contribution in [1.82, 2.24) is 0 Å². The van der Waals surface area contributed by atoms with Crippen molar-refractivity contribution in [3.05, 3.63) is 53.6 Å². The predicted octanol–water partition coefficient (Wildman–Crippen LogP) is 1.45. The van der Waals surface area contributed by atoms with Gasteiger partial charge in [-0.1, -0.05) is 6.07 Å². The standard InChI is InChI=1S/C14H12N2O4/c15-13(19)8-4-6-9(7-5-8)16-14(20)10-2-1-3-11(17)12(10)18/h1-7,17-18H,(H2,15,19)(H,16,20). The van der Waals surface area contributed by atoms with Gasteiger partial charge in [-0.15, -0.1) is 0 Å². The Morgan fingerprint density at radius 1 is 1.00 bits per heavy atom. The summed E-state index contributed by atoms with van der Waals surface area (Å²) in [6.07, 6.45) is 0. The highest BCUT2D eigenvalue weighted by Crippen LogP contribution is 2.28. The topological polar surface area (TPSA) is 113 Å². The highest BCUT2D eigenvalue weighted by atomic mass is 16.3. The maximum absolute atomic E-state index is 11.9. The normalized spacial score (nSPS) is 10.0. The highest BCUT2D eigenvalue weighted by Gasteiger charge is 2.14. The van der Waals surface area contributed by atoms with Gasteiger partial charge in [0.15, 0.2) is 11.5 Å². The lowest BCUT2D eigenvalue weighted by Gasteiger charge is -2.08. The fourth-order valence-corrected chi connectivity index (χ4v) is 1.63. The van der Waals surface area contributed by atoms with Crippen LogP contribution in [0.1, 0.15) is 20.7 Å². The molecule has 0 spiro atoms. The lowest BCUT2D eigenvalue weighted by molar-refractivity contribution is 0.0998. The number of hydrogen-bond donors (Lipinski definition) is 4. The number of rotatable bonds is 3. The molecule has 0 aliphatic rings. The molecule has 0 aromatic heterocycles. The van der Waals surface area contributed by atoms with Gasteiger partial charge in [0.05, 0.1) is 5.56 Å². The number of benzene rings is 2. The quantitative estimate of drug-likeness (QED) is 0.633. The smallest absolute Gasteiger partial charge is 0.259 e. The van der Waals surface area contributed by atoms with E-state index in [0.717, 1.165) is 0 Å². The molecule has 0 fully saturated rings. The maximum Gasteiger partial charge on any atom is 0.259 e. The van der Waals surface area contributed by atoms with Gasteiger partial charge >= 0.3 is 0 Å². The molecule has 6 heteroatoms. The van der Waals surface area contributed by atoms with Gasteiger partial charge < -0.3 is 21.3 Å². The zero-order valence-electron chi connectivity index (χ0n) is 10.3. The van der Waals surface area contributed by atoms with E-state index in [2.05, 4.69) is 5.32 Å². The first-order valence-electron chi connectivity index (χ1n) is 5.71. The molecule has 102 valence electrons. The largest absolute Gasteiger partial charge is 0.504 e. The van der Waals surface area contributed by atoms with Crippen molar-refractivity contribution in [2.24, 2.45) is 5.73 Å². The average Bonchev–Trinajstić information content (AvgIpc) is 2.42. The molecule has 0 bridgehead atoms. The third kappa shape index (κ3) is 2.69. The Balaban J connectivity index is 2.19. The first-order chi connectivity index (χ1) is 9.49. The van der Waals surface area contributed by atoms with E-state index >= 15 is 0 Å². The molecule has 0 unspecified atom stereocenters. The van der Waals surface area contributed by atoms with E-state index < -0.39 is 17.6 Å². The van der Waals surface area contributed by atoms with Crippen LogP contribution in [0.2, 0.25) is 0 Å². The molecule has 0 radical (unpaired) electrons. The summed E-state index contributed by atoms with van der Waals surface area (Å²) in [6.45, 7) is 0. The maximum atomic E-state index is 11.9. The molecule has 0 aliphatic heterocycles. The van der Waals surface area contributed by atoms with Gasteiger partial charge in [-0.25, -0.2) is 0 Å². The molecule has 0 aliphatic carbocycles. The van der Waals surface area contributed by atoms with Crippen LogP contribution in [0.5, 0.6) is 11.5 Å². The van der Waals surface area contributed by atoms with Crippen molar-refractivity contribution in [2.75, 3.05) is 5.32 Å². The van der Waals surface area contributed by atoms with Crippen LogP contribution in [0.4, 0.5) is 5.69 Å². The van der Waals surface area contributed by atoms with Gasteiger partial charge in [-0.3, -0.25) is 9.59 Å². The molecule has 6 nitrogen and oxygen atoms in total. The van der Waals surface area contributed by atoms with E-state index in [4.69, 9.17) is 5.73 Å². The van der Waals surface area contributed by atoms with Crippen molar-refractivity contribution in [3.8, 4) is 11.5 Å². The summed E-state index contributed by atoms with van der Waals surface area (Å²) in [7, 11) is 0. The van der Waals surface area contributed by atoms with Crippen LogP contribution in [0.3, 0.4) is 0 Å². The number of aromatic hydroxyl groups is 2. The number of nitrogens with two attached hydrogens (primary N) is 1. The number of hydrogen-bond acceptors (Lipinski definition) is 4. The van der Waals surface area contributed by atoms with Gasteiger partial charge in [0.25, 0.3) is 5.91 Å². The number of amides is 2. The van der Waals surface area contributed by atoms with Gasteiger partial charge in [-0.2, -0.15) is 0 Å². The summed E-state index contributed by atoms with van der Waals surface area (Å²) in [5, 5.41) is 21.5. The lowest BCUT2D eigenvalue weighted by atomic mass is 10.1. The van der Waals surface area contributed by atoms with Crippen LogP contribution in [0.25, 0.3) is 0 Å². The van der Waals surface area contributed by atoms with Gasteiger partial charge in [-0.05, 0) is 36.4 Å². The molecule has 2 aromatic rings. The second-order valence-corrected chi connectivity index (χ2v) is 4.07. The van der Waals surface area contributed by atoms with Crippen molar-refractivity contribution in [3.63, 3.8) is 0 Å². The fraction of sp³-hybridized carbons (Fsp3) is 0. The Kier molecular flexibility index (Phi) is 3.56. The van der Waals surface area contributed by atoms with E-state index in [0.29, 0.717) is 11.3 Å². The van der Waals surface area contributed by atoms with Gasteiger partial charge in [0, 0.05) is 11.3 Å². The number of phenolic OH excluding ortho intramolecular Hbond substituents is 2. The van der Waals surface area contributed by atoms with E-state index in [9.17, 15) is 19.8 Å². The van der Waals surface area contributed by atoms with E-state index in [1.807, 2.05) is 0 Å². The van der Waals surface area contributed by atoms with Crippen molar-refractivity contribution < 1.29 is 19.8 Å². The van der Waals surface area contributed by atoms with Crippen molar-refractivity contribution in [1.29, 1.82) is 0 Å². The second kappa shape index (κ2) is 5.31. The number of nitrogens with one attached hydrogen (secondary N) is 1. The third-order valence-corrected chi connectivity index (χ3v) is 2.69. The van der Waals surface area contributed by atoms with E-state index in [-0.39, 0.29) is 11.3 Å². The first kappa shape index (κ1) is 13.4. The number of carbonyl (C=O) groups is 2. The molecule has 5 N–H and O–H groups in total. The van der Waals surface area contributed by atoms with Gasteiger partial charge in [0.2, 0.25) is 5.91 Å². The molecule has 0 saturated heterocycles. The van der Waals surface area contributed by atoms with Crippen molar-refractivity contribution in [2.45, 2.75) is 0 Å². The Morgan fingerprint density at radius 3 is 2.25 bits per heavy atom. The Bertz CT molecular complexity index is 665. The summed E-state index contributed by atoms with van der Waals surface area (Å²) in [6, 6.07) is 10.1. The predicted molar refractivity (Wildman–Crippen MR) is 72.7 cm³/mol. The lowest BCUT2D eigenvalue weighted by Crippen LogP contribution is -2.13. The van der Waals surface area contributed by atoms with Crippen LogP contribution in [0, 0.1) is 0 Å². The Morgan fingerprint density at radius 2 is 1.65 bits per heavy atom. The van der Waals surface area contributed by atoms with Crippen LogP contribution in [0.15, 0.2) is 42.5 Å². The van der Waals surface area contributed by atoms with Crippen LogP contribution >= 0.6 is 0 Å². The van der Waals surface area contributed by atoms with Crippen LogP contribution < -0.4 is 11.1 Å². The van der Waals surface area contributed by atoms with Crippen molar-refractivity contribution >= 4 is 17.5 Å². The molecule has 2 amide bonds. The average molecular weight is 272 g/mol. The summed E-state index contributed by atoms with van der Waals surface area (Å²) < 4.78 is 0. The SMILES string of the molecule is NC(=O)c1ccc(NC(=O)c2cccc(O)c2O)cc1. The van der Waals surface area contributed by atoms with E-state index in [1.54, 1.807) is 0 Å². The molecular formula is C14H12N2O4. The zero-order chi connectivity index (χ0) is 14.7. The van der Waals surface area contributed by atoms with Crippen LogP contribution in [-0.2, 0) is 0 Å². The number of anilines is 1. The molecular weight excluding hydrogens is 260 g/mol. The number of primary amides is 1. The monoisotopic (exact) mass is 272 g/mol.